The molecule has 5 heteroatoms. The molecule has 1 unspecified atom stereocenters. The standard InChI is InChI=1S/C18H27N3O2/c1-12(2)16-11-20(18(23)15-8-13(3)9-19-15)7-6-17(22)21(16)10-14-4-5-14/h8-9,12,14,16,19H,4-7,10-11H2,1-3H3. The van der Waals surface area contributed by atoms with Gasteiger partial charge < -0.3 is 14.8 Å². The van der Waals surface area contributed by atoms with Gasteiger partial charge in [0.05, 0.1) is 6.04 Å². The zero-order valence-corrected chi connectivity index (χ0v) is 14.3. The predicted octanol–water partition coefficient (Wildman–Crippen LogP) is 2.43. The molecule has 1 saturated heterocycles. The quantitative estimate of drug-likeness (QED) is 0.927. The summed E-state index contributed by atoms with van der Waals surface area (Å²) in [5, 5.41) is 0. The van der Waals surface area contributed by atoms with Gasteiger partial charge in [0.2, 0.25) is 5.91 Å². The maximum Gasteiger partial charge on any atom is 0.270 e. The fourth-order valence-corrected chi connectivity index (χ4v) is 3.34. The van der Waals surface area contributed by atoms with Crippen LogP contribution in [-0.2, 0) is 4.79 Å². The maximum absolute atomic E-state index is 12.7. The summed E-state index contributed by atoms with van der Waals surface area (Å²) < 4.78 is 0. The third kappa shape index (κ3) is 3.59. The first-order valence-electron chi connectivity index (χ1n) is 8.69. The Morgan fingerprint density at radius 2 is 2.13 bits per heavy atom. The molecule has 1 N–H and O–H groups in total. The minimum atomic E-state index is 0.00446. The molecule has 1 aliphatic heterocycles. The molecule has 2 amide bonds. The molecule has 23 heavy (non-hydrogen) atoms. The van der Waals surface area contributed by atoms with Crippen LogP contribution in [0.3, 0.4) is 0 Å². The molecule has 1 atom stereocenters. The van der Waals surface area contributed by atoms with E-state index in [1.807, 2.05) is 24.1 Å². The SMILES string of the molecule is Cc1c[nH]c(C(=O)N2CCC(=O)N(CC3CC3)C(C(C)C)C2)c1. The van der Waals surface area contributed by atoms with Gasteiger partial charge >= 0.3 is 0 Å². The summed E-state index contributed by atoms with van der Waals surface area (Å²) in [7, 11) is 0. The Labute approximate surface area is 138 Å². The minimum absolute atomic E-state index is 0.00446. The molecule has 1 aromatic rings. The number of carbonyl (C=O) groups excluding carboxylic acids is 2. The smallest absolute Gasteiger partial charge is 0.270 e. The fourth-order valence-electron chi connectivity index (χ4n) is 3.34. The Morgan fingerprint density at radius 3 is 2.70 bits per heavy atom. The second kappa shape index (κ2) is 6.38. The summed E-state index contributed by atoms with van der Waals surface area (Å²) in [6.45, 7) is 8.27. The van der Waals surface area contributed by atoms with Crippen molar-refractivity contribution in [2.75, 3.05) is 19.6 Å². The predicted molar refractivity (Wildman–Crippen MR) is 89.1 cm³/mol. The molecule has 0 radical (unpaired) electrons. The van der Waals surface area contributed by atoms with E-state index in [0.717, 1.165) is 12.1 Å². The van der Waals surface area contributed by atoms with Gasteiger partial charge in [-0.3, -0.25) is 9.59 Å². The van der Waals surface area contributed by atoms with Crippen LogP contribution in [0, 0.1) is 18.8 Å². The first-order valence-corrected chi connectivity index (χ1v) is 8.69. The first-order chi connectivity index (χ1) is 11.0. The second-order valence-electron chi connectivity index (χ2n) is 7.39. The number of hydrogen-bond donors (Lipinski definition) is 1. The molecular formula is C18H27N3O2. The van der Waals surface area contributed by atoms with Gasteiger partial charge in [-0.1, -0.05) is 13.8 Å². The molecule has 3 rings (SSSR count). The molecule has 2 fully saturated rings. The van der Waals surface area contributed by atoms with Crippen LogP contribution in [0.5, 0.6) is 0 Å². The molecule has 2 heterocycles. The molecule has 2 aliphatic rings. The third-order valence-electron chi connectivity index (χ3n) is 4.99. The average molecular weight is 317 g/mol. The van der Waals surface area contributed by atoms with Crippen molar-refractivity contribution in [3.8, 4) is 0 Å². The highest BCUT2D eigenvalue weighted by Gasteiger charge is 2.36. The Balaban J connectivity index is 1.78. The lowest BCUT2D eigenvalue weighted by molar-refractivity contribution is -0.133. The van der Waals surface area contributed by atoms with Crippen molar-refractivity contribution < 1.29 is 9.59 Å². The summed E-state index contributed by atoms with van der Waals surface area (Å²) in [4.78, 5) is 32.3. The van der Waals surface area contributed by atoms with E-state index in [0.29, 0.717) is 37.0 Å². The number of rotatable bonds is 4. The summed E-state index contributed by atoms with van der Waals surface area (Å²) >= 11 is 0. The second-order valence-corrected chi connectivity index (χ2v) is 7.39. The molecule has 0 bridgehead atoms. The largest absolute Gasteiger partial charge is 0.357 e. The summed E-state index contributed by atoms with van der Waals surface area (Å²) in [5.41, 5.74) is 1.67. The molecule has 5 nitrogen and oxygen atoms in total. The number of aromatic nitrogens is 1. The highest BCUT2D eigenvalue weighted by atomic mass is 16.2. The van der Waals surface area contributed by atoms with Crippen LogP contribution in [0.2, 0.25) is 0 Å². The summed E-state index contributed by atoms with van der Waals surface area (Å²) in [6.07, 6.45) is 4.74. The number of aromatic amines is 1. The summed E-state index contributed by atoms with van der Waals surface area (Å²) in [6, 6.07) is 1.99. The molecule has 0 aromatic carbocycles. The molecular weight excluding hydrogens is 290 g/mol. The lowest BCUT2D eigenvalue weighted by Gasteiger charge is -2.34. The molecule has 1 saturated carbocycles. The van der Waals surface area contributed by atoms with Gasteiger partial charge in [-0.15, -0.1) is 0 Å². The van der Waals surface area contributed by atoms with E-state index in [1.54, 1.807) is 0 Å². The van der Waals surface area contributed by atoms with E-state index < -0.39 is 0 Å². The highest BCUT2D eigenvalue weighted by molar-refractivity contribution is 5.93. The van der Waals surface area contributed by atoms with Crippen molar-refractivity contribution >= 4 is 11.8 Å². The zero-order chi connectivity index (χ0) is 16.6. The van der Waals surface area contributed by atoms with Gasteiger partial charge in [-0.05, 0) is 43.2 Å². The van der Waals surface area contributed by atoms with Crippen LogP contribution >= 0.6 is 0 Å². The van der Waals surface area contributed by atoms with Crippen molar-refractivity contribution in [2.24, 2.45) is 11.8 Å². The van der Waals surface area contributed by atoms with Crippen molar-refractivity contribution in [2.45, 2.75) is 46.1 Å². The number of nitrogens with zero attached hydrogens (tertiary/aromatic N) is 2. The van der Waals surface area contributed by atoms with Gasteiger partial charge in [-0.25, -0.2) is 0 Å². The zero-order valence-electron chi connectivity index (χ0n) is 14.3. The van der Waals surface area contributed by atoms with Crippen molar-refractivity contribution in [3.05, 3.63) is 23.5 Å². The molecule has 0 spiro atoms. The molecule has 1 aromatic heterocycles. The lowest BCUT2D eigenvalue weighted by atomic mass is 10.0. The molecule has 126 valence electrons. The third-order valence-corrected chi connectivity index (χ3v) is 4.99. The minimum Gasteiger partial charge on any atom is -0.357 e. The van der Waals surface area contributed by atoms with E-state index in [2.05, 4.69) is 23.7 Å². The van der Waals surface area contributed by atoms with Gasteiger partial charge in [0, 0.05) is 32.3 Å². The topological polar surface area (TPSA) is 56.4 Å². The summed E-state index contributed by atoms with van der Waals surface area (Å²) in [5.74, 6) is 1.23. The van der Waals surface area contributed by atoms with Gasteiger partial charge in [-0.2, -0.15) is 0 Å². The van der Waals surface area contributed by atoms with Crippen molar-refractivity contribution in [1.29, 1.82) is 0 Å². The van der Waals surface area contributed by atoms with Gasteiger partial charge in [0.1, 0.15) is 5.69 Å². The maximum atomic E-state index is 12.7. The van der Waals surface area contributed by atoms with E-state index in [1.165, 1.54) is 12.8 Å². The fraction of sp³-hybridized carbons (Fsp3) is 0.667. The van der Waals surface area contributed by atoms with E-state index in [-0.39, 0.29) is 17.9 Å². The monoisotopic (exact) mass is 317 g/mol. The number of amides is 2. The Hall–Kier alpha value is -1.78. The van der Waals surface area contributed by atoms with Gasteiger partial charge in [0.25, 0.3) is 5.91 Å². The van der Waals surface area contributed by atoms with E-state index in [4.69, 9.17) is 0 Å². The first kappa shape index (κ1) is 16.1. The number of H-pyrrole nitrogens is 1. The van der Waals surface area contributed by atoms with Gasteiger partial charge in [0.15, 0.2) is 0 Å². The number of hydrogen-bond acceptors (Lipinski definition) is 2. The van der Waals surface area contributed by atoms with Crippen molar-refractivity contribution in [3.63, 3.8) is 0 Å². The van der Waals surface area contributed by atoms with Crippen LogP contribution in [0.25, 0.3) is 0 Å². The Bertz CT molecular complexity index is 589. The normalized spacial score (nSPS) is 22.6. The number of aryl methyl sites for hydroxylation is 1. The number of nitrogens with one attached hydrogen (secondary N) is 1. The van der Waals surface area contributed by atoms with Crippen LogP contribution in [0.4, 0.5) is 0 Å². The van der Waals surface area contributed by atoms with E-state index in [9.17, 15) is 9.59 Å². The average Bonchev–Trinajstić information content (AvgIpc) is 3.25. The van der Waals surface area contributed by atoms with Crippen LogP contribution in [0.15, 0.2) is 12.3 Å². The Kier molecular flexibility index (Phi) is 4.46. The van der Waals surface area contributed by atoms with Crippen LogP contribution < -0.4 is 0 Å². The molecule has 1 aliphatic carbocycles. The van der Waals surface area contributed by atoms with Crippen LogP contribution in [-0.4, -0.2) is 52.3 Å². The number of carbonyl (C=O) groups is 2. The Morgan fingerprint density at radius 1 is 1.39 bits per heavy atom. The van der Waals surface area contributed by atoms with Crippen LogP contribution in [0.1, 0.15) is 49.2 Å². The van der Waals surface area contributed by atoms with Crippen molar-refractivity contribution in [1.82, 2.24) is 14.8 Å². The van der Waals surface area contributed by atoms with E-state index >= 15 is 0 Å². The lowest BCUT2D eigenvalue weighted by Crippen LogP contribution is -2.48. The highest BCUT2D eigenvalue weighted by Crippen LogP contribution is 2.32.